The Kier molecular flexibility index (Phi) is 8.70. The van der Waals surface area contributed by atoms with Crippen LogP contribution in [-0.4, -0.2) is 41.8 Å². The molecule has 0 fully saturated rings. The van der Waals surface area contributed by atoms with Crippen LogP contribution < -0.4 is 11.1 Å². The van der Waals surface area contributed by atoms with Crippen LogP contribution in [0.3, 0.4) is 0 Å². The number of carbonyl (C=O) groups excluding carboxylic acids is 3. The summed E-state index contributed by atoms with van der Waals surface area (Å²) in [6, 6.07) is 14.9. The Morgan fingerprint density at radius 2 is 1.55 bits per heavy atom. The molecule has 0 heterocycles. The van der Waals surface area contributed by atoms with Crippen molar-refractivity contribution in [3.8, 4) is 11.1 Å². The van der Waals surface area contributed by atoms with Crippen LogP contribution in [0.5, 0.6) is 0 Å². The number of benzene rings is 2. The van der Waals surface area contributed by atoms with Crippen LogP contribution in [0.2, 0.25) is 0 Å². The van der Waals surface area contributed by atoms with Gasteiger partial charge in [0.2, 0.25) is 5.91 Å². The average molecular weight is 396 g/mol. The first-order chi connectivity index (χ1) is 14.0. The largest absolute Gasteiger partial charge is 0.388 e. The molecule has 0 saturated carbocycles. The second-order valence-electron chi connectivity index (χ2n) is 6.88. The van der Waals surface area contributed by atoms with Crippen molar-refractivity contribution < 1.29 is 19.5 Å². The van der Waals surface area contributed by atoms with Crippen LogP contribution in [-0.2, 0) is 16.0 Å². The Morgan fingerprint density at radius 1 is 0.966 bits per heavy atom. The number of hydrogen-bond acceptors (Lipinski definition) is 5. The SMILES string of the molecule is CCc1ccc(-c2ccc(C(=O)CCCC(=O)N[C@@H](CN)C(=O)CO)cc2)cc1. The molecule has 0 bridgehead atoms. The number of Topliss-reactive ketones (excluding diaryl/α,β-unsaturated/α-hetero) is 2. The summed E-state index contributed by atoms with van der Waals surface area (Å²) < 4.78 is 0. The number of nitrogens with two attached hydrogens (primary N) is 1. The number of amides is 1. The highest BCUT2D eigenvalue weighted by atomic mass is 16.3. The molecule has 6 nitrogen and oxygen atoms in total. The maximum atomic E-state index is 12.4. The van der Waals surface area contributed by atoms with Crippen LogP contribution >= 0.6 is 0 Å². The van der Waals surface area contributed by atoms with E-state index < -0.39 is 18.4 Å². The lowest BCUT2D eigenvalue weighted by molar-refractivity contribution is -0.129. The Labute approximate surface area is 171 Å². The van der Waals surface area contributed by atoms with Crippen LogP contribution in [0, 0.1) is 0 Å². The summed E-state index contributed by atoms with van der Waals surface area (Å²) in [4.78, 5) is 35.6. The molecule has 0 unspecified atom stereocenters. The summed E-state index contributed by atoms with van der Waals surface area (Å²) >= 11 is 0. The zero-order chi connectivity index (χ0) is 21.2. The molecular formula is C23H28N2O4. The van der Waals surface area contributed by atoms with E-state index in [-0.39, 0.29) is 31.1 Å². The molecule has 1 atom stereocenters. The first kappa shape index (κ1) is 22.5. The van der Waals surface area contributed by atoms with E-state index in [9.17, 15) is 14.4 Å². The van der Waals surface area contributed by atoms with Gasteiger partial charge in [-0.15, -0.1) is 0 Å². The molecule has 2 rings (SSSR count). The third-order valence-corrected chi connectivity index (χ3v) is 4.83. The molecule has 2 aromatic carbocycles. The molecule has 0 aliphatic rings. The van der Waals surface area contributed by atoms with Gasteiger partial charge in [-0.1, -0.05) is 55.5 Å². The predicted octanol–water partition coefficient (Wildman–Crippen LogP) is 2.27. The molecule has 2 aromatic rings. The molecule has 0 aliphatic heterocycles. The van der Waals surface area contributed by atoms with Crippen LogP contribution in [0.15, 0.2) is 48.5 Å². The topological polar surface area (TPSA) is 109 Å². The molecule has 0 radical (unpaired) electrons. The lowest BCUT2D eigenvalue weighted by atomic mass is 9.99. The van der Waals surface area contributed by atoms with E-state index >= 15 is 0 Å². The quantitative estimate of drug-likeness (QED) is 0.505. The molecule has 154 valence electrons. The minimum absolute atomic E-state index is 0.0347. The van der Waals surface area contributed by atoms with E-state index in [1.165, 1.54) is 5.56 Å². The minimum atomic E-state index is -0.887. The molecular weight excluding hydrogens is 368 g/mol. The Hall–Kier alpha value is -2.83. The van der Waals surface area contributed by atoms with Crippen molar-refractivity contribution in [2.75, 3.05) is 13.2 Å². The molecule has 1 amide bonds. The van der Waals surface area contributed by atoms with Crippen molar-refractivity contribution in [2.24, 2.45) is 5.73 Å². The van der Waals surface area contributed by atoms with Crippen LogP contribution in [0.25, 0.3) is 11.1 Å². The maximum absolute atomic E-state index is 12.4. The zero-order valence-electron chi connectivity index (χ0n) is 16.7. The van der Waals surface area contributed by atoms with Gasteiger partial charge in [0.25, 0.3) is 0 Å². The number of carbonyl (C=O) groups is 3. The first-order valence-corrected chi connectivity index (χ1v) is 9.84. The van der Waals surface area contributed by atoms with Crippen molar-refractivity contribution in [3.05, 3.63) is 59.7 Å². The summed E-state index contributed by atoms with van der Waals surface area (Å²) in [5.41, 5.74) is 9.45. The van der Waals surface area contributed by atoms with Gasteiger partial charge in [0, 0.05) is 24.9 Å². The fourth-order valence-electron chi connectivity index (χ4n) is 2.98. The van der Waals surface area contributed by atoms with E-state index in [4.69, 9.17) is 10.8 Å². The van der Waals surface area contributed by atoms with Gasteiger partial charge < -0.3 is 16.2 Å². The van der Waals surface area contributed by atoms with Crippen molar-refractivity contribution >= 4 is 17.5 Å². The second-order valence-corrected chi connectivity index (χ2v) is 6.88. The molecule has 0 aliphatic carbocycles. The average Bonchev–Trinajstić information content (AvgIpc) is 2.77. The Balaban J connectivity index is 1.84. The zero-order valence-corrected chi connectivity index (χ0v) is 16.7. The fourth-order valence-corrected chi connectivity index (χ4v) is 2.98. The minimum Gasteiger partial charge on any atom is -0.388 e. The van der Waals surface area contributed by atoms with E-state index in [1.807, 2.05) is 12.1 Å². The molecule has 4 N–H and O–H groups in total. The third kappa shape index (κ3) is 6.62. The standard InChI is InChI=1S/C23H28N2O4/c1-2-16-6-8-17(9-7-16)18-10-12-19(13-11-18)21(27)4-3-5-23(29)25-20(14-24)22(28)15-26/h6-13,20,26H,2-5,14-15,24H2,1H3,(H,25,29)/t20-/m0/s1. The summed E-state index contributed by atoms with van der Waals surface area (Å²) in [5.74, 6) is -0.922. The fraction of sp³-hybridized carbons (Fsp3) is 0.348. The third-order valence-electron chi connectivity index (χ3n) is 4.83. The number of ketones is 2. The summed E-state index contributed by atoms with van der Waals surface area (Å²) in [6.07, 6.45) is 1.72. The van der Waals surface area contributed by atoms with Crippen LogP contribution in [0.4, 0.5) is 0 Å². The lowest BCUT2D eigenvalue weighted by Crippen LogP contribution is -2.46. The molecule has 6 heteroatoms. The predicted molar refractivity (Wildman–Crippen MR) is 113 cm³/mol. The second kappa shape index (κ2) is 11.2. The summed E-state index contributed by atoms with van der Waals surface area (Å²) in [7, 11) is 0. The van der Waals surface area contributed by atoms with Gasteiger partial charge in [0.15, 0.2) is 11.6 Å². The summed E-state index contributed by atoms with van der Waals surface area (Å²) in [6.45, 7) is 1.38. The number of rotatable bonds is 11. The van der Waals surface area contributed by atoms with E-state index in [0.717, 1.165) is 17.5 Å². The van der Waals surface area contributed by atoms with Crippen molar-refractivity contribution in [2.45, 2.75) is 38.6 Å². The van der Waals surface area contributed by atoms with Crippen molar-refractivity contribution in [1.29, 1.82) is 0 Å². The normalized spacial score (nSPS) is 11.7. The first-order valence-electron chi connectivity index (χ1n) is 9.84. The highest BCUT2D eigenvalue weighted by Gasteiger charge is 2.18. The molecule has 0 saturated heterocycles. The van der Waals surface area contributed by atoms with Gasteiger partial charge in [-0.2, -0.15) is 0 Å². The van der Waals surface area contributed by atoms with Gasteiger partial charge in [0.05, 0.1) is 0 Å². The number of aryl methyl sites for hydroxylation is 1. The van der Waals surface area contributed by atoms with E-state index in [0.29, 0.717) is 12.0 Å². The Bertz CT molecular complexity index is 829. The smallest absolute Gasteiger partial charge is 0.220 e. The molecule has 0 spiro atoms. The molecule has 29 heavy (non-hydrogen) atoms. The highest BCUT2D eigenvalue weighted by molar-refractivity contribution is 5.96. The summed E-state index contributed by atoms with van der Waals surface area (Å²) in [5, 5.41) is 11.3. The van der Waals surface area contributed by atoms with Gasteiger partial charge in [-0.25, -0.2) is 0 Å². The number of hydrogen-bond donors (Lipinski definition) is 3. The van der Waals surface area contributed by atoms with E-state index in [1.54, 1.807) is 12.1 Å². The van der Waals surface area contributed by atoms with Crippen LogP contribution in [0.1, 0.15) is 42.1 Å². The lowest BCUT2D eigenvalue weighted by Gasteiger charge is -2.14. The number of aliphatic hydroxyl groups is 1. The van der Waals surface area contributed by atoms with E-state index in [2.05, 4.69) is 36.5 Å². The van der Waals surface area contributed by atoms with Crippen molar-refractivity contribution in [3.63, 3.8) is 0 Å². The van der Waals surface area contributed by atoms with Crippen molar-refractivity contribution in [1.82, 2.24) is 5.32 Å². The highest BCUT2D eigenvalue weighted by Crippen LogP contribution is 2.21. The monoisotopic (exact) mass is 396 g/mol. The van der Waals surface area contributed by atoms with Gasteiger partial charge >= 0.3 is 0 Å². The van der Waals surface area contributed by atoms with Gasteiger partial charge in [-0.05, 0) is 29.5 Å². The Morgan fingerprint density at radius 3 is 2.07 bits per heavy atom. The number of nitrogens with one attached hydrogen (secondary N) is 1. The maximum Gasteiger partial charge on any atom is 0.220 e. The van der Waals surface area contributed by atoms with Gasteiger partial charge in [-0.3, -0.25) is 14.4 Å². The van der Waals surface area contributed by atoms with Gasteiger partial charge in [0.1, 0.15) is 12.6 Å². The molecule has 0 aromatic heterocycles. The number of aliphatic hydroxyl groups excluding tert-OH is 1.